The molecule has 1 aromatic heterocycles. The number of benzene rings is 1. The highest BCUT2D eigenvalue weighted by molar-refractivity contribution is 9.10. The van der Waals surface area contributed by atoms with Crippen LogP contribution < -0.4 is 10.1 Å². The van der Waals surface area contributed by atoms with Gasteiger partial charge in [0, 0.05) is 17.7 Å². The summed E-state index contributed by atoms with van der Waals surface area (Å²) >= 11 is 3.31. The van der Waals surface area contributed by atoms with Crippen molar-refractivity contribution in [2.24, 2.45) is 7.05 Å². The fourth-order valence-electron chi connectivity index (χ4n) is 1.69. The van der Waals surface area contributed by atoms with Gasteiger partial charge in [0.1, 0.15) is 17.4 Å². The second-order valence-corrected chi connectivity index (χ2v) is 4.89. The number of methoxy groups -OCH3 is 1. The van der Waals surface area contributed by atoms with Crippen molar-refractivity contribution in [2.75, 3.05) is 12.4 Å². The maximum Gasteiger partial charge on any atom is 0.260 e. The van der Waals surface area contributed by atoms with Crippen molar-refractivity contribution < 1.29 is 9.53 Å². The molecule has 0 unspecified atom stereocenters. The van der Waals surface area contributed by atoms with Crippen LogP contribution in [0.3, 0.4) is 0 Å². The Bertz CT molecular complexity index is 703. The highest BCUT2D eigenvalue weighted by Gasteiger charge is 2.16. The molecule has 0 saturated heterocycles. The summed E-state index contributed by atoms with van der Waals surface area (Å²) in [7, 11) is 3.16. The first kappa shape index (κ1) is 14.1. The van der Waals surface area contributed by atoms with Crippen molar-refractivity contribution in [3.63, 3.8) is 0 Å². The fraction of sp³-hybridized carbons (Fsp3) is 0.154. The lowest BCUT2D eigenvalue weighted by Gasteiger charge is -2.08. The Balaban J connectivity index is 2.31. The van der Waals surface area contributed by atoms with Crippen LogP contribution in [0.1, 0.15) is 15.9 Å². The van der Waals surface area contributed by atoms with Gasteiger partial charge in [0.25, 0.3) is 5.91 Å². The number of halogens is 1. The first-order valence-electron chi connectivity index (χ1n) is 5.63. The van der Waals surface area contributed by atoms with E-state index in [2.05, 4.69) is 26.3 Å². The number of anilines is 1. The van der Waals surface area contributed by atoms with Crippen molar-refractivity contribution >= 4 is 27.7 Å². The number of carbonyl (C=O) groups excluding carboxylic acids is 1. The quantitative estimate of drug-likeness (QED) is 0.933. The van der Waals surface area contributed by atoms with Crippen molar-refractivity contribution in [1.29, 1.82) is 5.26 Å². The number of hydrogen-bond acceptors (Lipinski definition) is 4. The molecule has 1 heterocycles. The standard InChI is InChI=1S/C13H11BrN4O2/c1-18-7-8(6-15)12(17-18)16-13(19)10-4-3-9(14)5-11(10)20-2/h3-5,7H,1-2H3,(H,16,17,19). The molecule has 0 atom stereocenters. The topological polar surface area (TPSA) is 79.9 Å². The highest BCUT2D eigenvalue weighted by atomic mass is 79.9. The third-order valence-corrected chi connectivity index (χ3v) is 3.08. The van der Waals surface area contributed by atoms with E-state index in [1.165, 1.54) is 18.0 Å². The minimum Gasteiger partial charge on any atom is -0.496 e. The molecule has 0 bridgehead atoms. The molecule has 0 aliphatic heterocycles. The number of nitriles is 1. The molecule has 7 heteroatoms. The van der Waals surface area contributed by atoms with Gasteiger partial charge in [-0.1, -0.05) is 15.9 Å². The number of rotatable bonds is 3. The zero-order valence-corrected chi connectivity index (χ0v) is 12.4. The molecule has 1 amide bonds. The maximum atomic E-state index is 12.2. The first-order valence-corrected chi connectivity index (χ1v) is 6.43. The van der Waals surface area contributed by atoms with E-state index in [1.54, 1.807) is 25.2 Å². The summed E-state index contributed by atoms with van der Waals surface area (Å²) in [4.78, 5) is 12.2. The third kappa shape index (κ3) is 2.81. The summed E-state index contributed by atoms with van der Waals surface area (Å²) in [5, 5.41) is 15.6. The molecule has 20 heavy (non-hydrogen) atoms. The zero-order chi connectivity index (χ0) is 14.7. The van der Waals surface area contributed by atoms with Crippen LogP contribution in [0.15, 0.2) is 28.9 Å². The number of ether oxygens (including phenoxy) is 1. The molecule has 6 nitrogen and oxygen atoms in total. The number of nitrogens with zero attached hydrogens (tertiary/aromatic N) is 3. The lowest BCUT2D eigenvalue weighted by molar-refractivity contribution is 0.102. The average Bonchev–Trinajstić information content (AvgIpc) is 2.78. The van der Waals surface area contributed by atoms with Gasteiger partial charge < -0.3 is 10.1 Å². The minimum absolute atomic E-state index is 0.227. The second-order valence-electron chi connectivity index (χ2n) is 3.98. The number of nitrogens with one attached hydrogen (secondary N) is 1. The van der Waals surface area contributed by atoms with Crippen molar-refractivity contribution in [1.82, 2.24) is 9.78 Å². The van der Waals surface area contributed by atoms with E-state index in [0.29, 0.717) is 16.9 Å². The SMILES string of the molecule is COc1cc(Br)ccc1C(=O)Nc1nn(C)cc1C#N. The molecular weight excluding hydrogens is 324 g/mol. The summed E-state index contributed by atoms with van der Waals surface area (Å²) < 4.78 is 7.44. The van der Waals surface area contributed by atoms with E-state index >= 15 is 0 Å². The number of aromatic nitrogens is 2. The van der Waals surface area contributed by atoms with Gasteiger partial charge in [0.15, 0.2) is 5.82 Å². The predicted octanol–water partition coefficient (Wildman–Crippen LogP) is 2.32. The molecule has 0 aliphatic carbocycles. The number of hydrogen-bond donors (Lipinski definition) is 1. The number of carbonyl (C=O) groups is 1. The molecule has 2 aromatic rings. The Morgan fingerprint density at radius 1 is 1.55 bits per heavy atom. The van der Waals surface area contributed by atoms with E-state index < -0.39 is 0 Å². The third-order valence-electron chi connectivity index (χ3n) is 2.59. The average molecular weight is 335 g/mol. The van der Waals surface area contributed by atoms with Crippen LogP contribution in [0.5, 0.6) is 5.75 Å². The molecule has 102 valence electrons. The van der Waals surface area contributed by atoms with Crippen LogP contribution in [-0.2, 0) is 7.05 Å². The van der Waals surface area contributed by atoms with E-state index in [1.807, 2.05) is 6.07 Å². The van der Waals surface area contributed by atoms with Crippen LogP contribution in [0.25, 0.3) is 0 Å². The van der Waals surface area contributed by atoms with Crippen LogP contribution in [0.2, 0.25) is 0 Å². The Labute approximate surface area is 124 Å². The van der Waals surface area contributed by atoms with Gasteiger partial charge in [-0.25, -0.2) is 0 Å². The smallest absolute Gasteiger partial charge is 0.260 e. The van der Waals surface area contributed by atoms with Gasteiger partial charge >= 0.3 is 0 Å². The largest absolute Gasteiger partial charge is 0.496 e. The highest BCUT2D eigenvalue weighted by Crippen LogP contribution is 2.24. The monoisotopic (exact) mass is 334 g/mol. The van der Waals surface area contributed by atoms with Gasteiger partial charge in [0.05, 0.1) is 12.7 Å². The van der Waals surface area contributed by atoms with Gasteiger partial charge in [-0.3, -0.25) is 9.48 Å². The molecule has 0 spiro atoms. The molecule has 0 aliphatic rings. The van der Waals surface area contributed by atoms with E-state index in [9.17, 15) is 4.79 Å². The first-order chi connectivity index (χ1) is 9.55. The van der Waals surface area contributed by atoms with E-state index in [0.717, 1.165) is 4.47 Å². The predicted molar refractivity (Wildman–Crippen MR) is 76.6 cm³/mol. The Morgan fingerprint density at radius 3 is 2.95 bits per heavy atom. The van der Waals surface area contributed by atoms with Crippen LogP contribution >= 0.6 is 15.9 Å². The van der Waals surface area contributed by atoms with Crippen molar-refractivity contribution in [2.45, 2.75) is 0 Å². The molecule has 0 saturated carbocycles. The molecule has 2 rings (SSSR count). The molecule has 0 fully saturated rings. The van der Waals surface area contributed by atoms with Crippen molar-refractivity contribution in [3.05, 3.63) is 40.0 Å². The second kappa shape index (κ2) is 5.75. The number of amides is 1. The zero-order valence-electron chi connectivity index (χ0n) is 10.8. The number of aryl methyl sites for hydroxylation is 1. The maximum absolute atomic E-state index is 12.2. The lowest BCUT2D eigenvalue weighted by Crippen LogP contribution is -2.14. The summed E-state index contributed by atoms with van der Waals surface area (Å²) in [5.41, 5.74) is 0.669. The molecule has 0 radical (unpaired) electrons. The van der Waals surface area contributed by atoms with E-state index in [4.69, 9.17) is 10.00 Å². The lowest BCUT2D eigenvalue weighted by atomic mass is 10.2. The van der Waals surface area contributed by atoms with Crippen LogP contribution in [0, 0.1) is 11.3 Å². The molecular formula is C13H11BrN4O2. The Morgan fingerprint density at radius 2 is 2.30 bits per heavy atom. The summed E-state index contributed by atoms with van der Waals surface area (Å²) in [6.45, 7) is 0. The Kier molecular flexibility index (Phi) is 4.05. The van der Waals surface area contributed by atoms with Gasteiger partial charge in [0.2, 0.25) is 0 Å². The minimum atomic E-state index is -0.385. The van der Waals surface area contributed by atoms with Gasteiger partial charge in [-0.15, -0.1) is 0 Å². The summed E-state index contributed by atoms with van der Waals surface area (Å²) in [5.74, 6) is 0.279. The van der Waals surface area contributed by atoms with Crippen LogP contribution in [0.4, 0.5) is 5.82 Å². The fourth-order valence-corrected chi connectivity index (χ4v) is 2.03. The molecule has 1 aromatic carbocycles. The normalized spacial score (nSPS) is 9.90. The van der Waals surface area contributed by atoms with Gasteiger partial charge in [-0.2, -0.15) is 10.4 Å². The summed E-state index contributed by atoms with van der Waals surface area (Å²) in [6.07, 6.45) is 1.54. The van der Waals surface area contributed by atoms with Gasteiger partial charge in [-0.05, 0) is 18.2 Å². The van der Waals surface area contributed by atoms with Crippen LogP contribution in [-0.4, -0.2) is 22.8 Å². The molecule has 1 N–H and O–H groups in total. The Hall–Kier alpha value is -2.33. The van der Waals surface area contributed by atoms with E-state index in [-0.39, 0.29) is 11.7 Å². The summed E-state index contributed by atoms with van der Waals surface area (Å²) in [6, 6.07) is 7.04. The van der Waals surface area contributed by atoms with Crippen molar-refractivity contribution in [3.8, 4) is 11.8 Å².